The first-order valence-electron chi connectivity index (χ1n) is 14.8. The lowest BCUT2D eigenvalue weighted by Crippen LogP contribution is -2.26. The molecule has 0 aromatic heterocycles. The summed E-state index contributed by atoms with van der Waals surface area (Å²) in [5.41, 5.74) is 20.3. The first-order valence-corrected chi connectivity index (χ1v) is 14.8. The molecule has 6 rings (SSSR count). The number of hydrogen-bond acceptors (Lipinski definition) is 8. The topological polar surface area (TPSA) is 148 Å². The van der Waals surface area contributed by atoms with Crippen LogP contribution in [0.5, 0.6) is 0 Å². The molecule has 4 N–H and O–H groups in total. The van der Waals surface area contributed by atoms with Crippen LogP contribution >= 0.6 is 0 Å². The Morgan fingerprint density at radius 1 is 0.568 bits per heavy atom. The van der Waals surface area contributed by atoms with Crippen molar-refractivity contribution in [2.24, 2.45) is 20.0 Å². The zero-order valence-electron chi connectivity index (χ0n) is 25.2. The number of hydrazine groups is 1. The van der Waals surface area contributed by atoms with Crippen LogP contribution in [0, 0.1) is 0 Å². The van der Waals surface area contributed by atoms with Gasteiger partial charge in [-0.15, -0.1) is 0 Å². The van der Waals surface area contributed by atoms with Crippen molar-refractivity contribution in [2.45, 2.75) is 66.2 Å². The molecule has 0 unspecified atom stereocenters. The van der Waals surface area contributed by atoms with Crippen molar-refractivity contribution in [1.29, 1.82) is 0 Å². The molecule has 6 heterocycles. The summed E-state index contributed by atoms with van der Waals surface area (Å²) in [5.74, 6) is -1.67. The SMILES string of the molecule is CC1=C(C)C2=NC1=CC1=NC(=CC3=NC(=CC4=NC(=C2)C2=CNNC=C24)C(C)=C3CCCC(=O)O)C(CCCC(=O)O)=C1C. The molecule has 0 amide bonds. The van der Waals surface area contributed by atoms with Crippen LogP contribution in [-0.2, 0) is 9.59 Å². The Morgan fingerprint density at radius 2 is 1.07 bits per heavy atom. The average molecular weight is 591 g/mol. The predicted molar refractivity (Wildman–Crippen MR) is 171 cm³/mol. The maximum absolute atomic E-state index is 11.3. The van der Waals surface area contributed by atoms with E-state index < -0.39 is 11.9 Å². The van der Waals surface area contributed by atoms with Crippen molar-refractivity contribution in [3.05, 3.63) is 104 Å². The van der Waals surface area contributed by atoms with Crippen LogP contribution in [-0.4, -0.2) is 45.0 Å². The maximum Gasteiger partial charge on any atom is 0.303 e. The van der Waals surface area contributed by atoms with Crippen molar-refractivity contribution in [1.82, 2.24) is 10.9 Å². The summed E-state index contributed by atoms with van der Waals surface area (Å²) in [5, 5.41) is 18.6. The zero-order chi connectivity index (χ0) is 31.1. The second-order valence-electron chi connectivity index (χ2n) is 11.5. The van der Waals surface area contributed by atoms with E-state index in [1.54, 1.807) is 0 Å². The smallest absolute Gasteiger partial charge is 0.303 e. The molecule has 8 bridgehead atoms. The summed E-state index contributed by atoms with van der Waals surface area (Å²) in [4.78, 5) is 42.7. The molecule has 10 nitrogen and oxygen atoms in total. The molecular formula is C34H34N6O4. The molecule has 0 spiro atoms. The van der Waals surface area contributed by atoms with E-state index in [9.17, 15) is 19.8 Å². The van der Waals surface area contributed by atoms with E-state index in [2.05, 4.69) is 24.7 Å². The summed E-state index contributed by atoms with van der Waals surface area (Å²) in [6, 6.07) is 0. The van der Waals surface area contributed by atoms with Gasteiger partial charge < -0.3 is 21.1 Å². The Bertz CT molecular complexity index is 1830. The van der Waals surface area contributed by atoms with Gasteiger partial charge in [-0.25, -0.2) is 20.0 Å². The summed E-state index contributed by atoms with van der Waals surface area (Å²) in [6.45, 7) is 8.14. The second kappa shape index (κ2) is 11.5. The van der Waals surface area contributed by atoms with Crippen LogP contribution < -0.4 is 10.9 Å². The number of nitrogens with one attached hydrogen (secondary N) is 2. The maximum atomic E-state index is 11.3. The van der Waals surface area contributed by atoms with Crippen molar-refractivity contribution in [3.63, 3.8) is 0 Å². The van der Waals surface area contributed by atoms with Gasteiger partial charge in [-0.1, -0.05) is 0 Å². The van der Waals surface area contributed by atoms with E-state index in [0.29, 0.717) is 25.7 Å². The van der Waals surface area contributed by atoms with E-state index >= 15 is 0 Å². The number of rotatable bonds is 8. The normalized spacial score (nSPS) is 20.4. The first-order chi connectivity index (χ1) is 21.1. The highest BCUT2D eigenvalue weighted by molar-refractivity contribution is 6.21. The molecule has 10 heteroatoms. The number of allylic oxidation sites excluding steroid dienone is 11. The fourth-order valence-corrected chi connectivity index (χ4v) is 6.00. The Balaban J connectivity index is 1.54. The average Bonchev–Trinajstić information content (AvgIpc) is 3.65. The van der Waals surface area contributed by atoms with Crippen LogP contribution in [0.3, 0.4) is 0 Å². The lowest BCUT2D eigenvalue weighted by molar-refractivity contribution is -0.138. The lowest BCUT2D eigenvalue weighted by Gasteiger charge is -2.12. The van der Waals surface area contributed by atoms with Gasteiger partial charge in [0.1, 0.15) is 0 Å². The van der Waals surface area contributed by atoms with Crippen LogP contribution in [0.2, 0.25) is 0 Å². The van der Waals surface area contributed by atoms with Gasteiger partial charge in [0.25, 0.3) is 0 Å². The van der Waals surface area contributed by atoms with E-state index in [4.69, 9.17) is 20.0 Å². The number of aliphatic imine (C=N–C) groups is 4. The van der Waals surface area contributed by atoms with E-state index in [0.717, 1.165) is 90.2 Å². The highest BCUT2D eigenvalue weighted by atomic mass is 16.4. The molecule has 0 fully saturated rings. The third kappa shape index (κ3) is 5.39. The van der Waals surface area contributed by atoms with Crippen LogP contribution in [0.15, 0.2) is 124 Å². The Labute approximate surface area is 255 Å². The van der Waals surface area contributed by atoms with Gasteiger partial charge in [-0.2, -0.15) is 0 Å². The second-order valence-corrected chi connectivity index (χ2v) is 11.5. The minimum atomic E-state index is -0.835. The minimum absolute atomic E-state index is 0.0597. The minimum Gasteiger partial charge on any atom is -0.481 e. The first kappa shape index (κ1) is 29.0. The van der Waals surface area contributed by atoms with Crippen LogP contribution in [0.1, 0.15) is 66.2 Å². The number of nitrogens with zero attached hydrogens (tertiary/aromatic N) is 4. The number of carboxylic acid groups (broad SMARTS) is 2. The molecule has 0 atom stereocenters. The highest BCUT2D eigenvalue weighted by Gasteiger charge is 2.30. The molecule has 0 aromatic rings. The summed E-state index contributed by atoms with van der Waals surface area (Å²) in [7, 11) is 0. The van der Waals surface area contributed by atoms with Crippen LogP contribution in [0.25, 0.3) is 0 Å². The van der Waals surface area contributed by atoms with Gasteiger partial charge in [-0.05, 0) is 111 Å². The molecule has 6 aliphatic heterocycles. The zero-order valence-corrected chi connectivity index (χ0v) is 25.2. The van der Waals surface area contributed by atoms with Crippen molar-refractivity contribution >= 4 is 34.8 Å². The highest BCUT2D eigenvalue weighted by Crippen LogP contribution is 2.38. The largest absolute Gasteiger partial charge is 0.481 e. The Morgan fingerprint density at radius 3 is 1.77 bits per heavy atom. The standard InChI is InChI=1S/C34H34N6O4/c1-17-18(2)26-12-31-23-15-35-36-16-24(23)32(40-31)13-28-20(4)22(8-6-10-34(43)44)30(39-28)14-29-21(7-5-9-33(41)42)19(3)27(38-29)11-25(17)37-26/h11-16,35-36H,5-10H2,1-4H3,(H,41,42)(H,43,44). The summed E-state index contributed by atoms with van der Waals surface area (Å²) >= 11 is 0. The molecule has 44 heavy (non-hydrogen) atoms. The third-order valence-electron chi connectivity index (χ3n) is 8.67. The molecule has 0 saturated carbocycles. The Kier molecular flexibility index (Phi) is 7.59. The third-order valence-corrected chi connectivity index (χ3v) is 8.67. The molecule has 0 radical (unpaired) electrons. The van der Waals surface area contributed by atoms with Gasteiger partial charge in [0.2, 0.25) is 0 Å². The van der Waals surface area contributed by atoms with Gasteiger partial charge in [0.05, 0.1) is 45.6 Å². The van der Waals surface area contributed by atoms with E-state index in [1.807, 2.05) is 50.6 Å². The number of hydrogen-bond donors (Lipinski definition) is 4. The van der Waals surface area contributed by atoms with Gasteiger partial charge in [0.15, 0.2) is 0 Å². The van der Waals surface area contributed by atoms with Crippen molar-refractivity contribution in [2.75, 3.05) is 0 Å². The molecule has 0 saturated heterocycles. The monoisotopic (exact) mass is 590 g/mol. The number of aliphatic carboxylic acids is 2. The quantitative estimate of drug-likeness (QED) is 0.285. The van der Waals surface area contributed by atoms with Crippen molar-refractivity contribution in [3.8, 4) is 0 Å². The summed E-state index contributed by atoms with van der Waals surface area (Å²) in [6.07, 6.45) is 13.9. The van der Waals surface area contributed by atoms with E-state index in [-0.39, 0.29) is 12.8 Å². The van der Waals surface area contributed by atoms with Gasteiger partial charge >= 0.3 is 11.9 Å². The fourth-order valence-electron chi connectivity index (χ4n) is 6.00. The predicted octanol–water partition coefficient (Wildman–Crippen LogP) is 5.71. The summed E-state index contributed by atoms with van der Waals surface area (Å²) < 4.78 is 0. The fraction of sp³-hybridized carbons (Fsp3) is 0.294. The number of fused-ring (bicyclic) bond motifs is 7. The lowest BCUT2D eigenvalue weighted by atomic mass is 9.95. The van der Waals surface area contributed by atoms with Gasteiger partial charge in [0, 0.05) is 36.4 Å². The van der Waals surface area contributed by atoms with Crippen molar-refractivity contribution < 1.29 is 19.8 Å². The molecule has 224 valence electrons. The Hall–Kier alpha value is -5.12. The molecule has 6 aliphatic rings. The van der Waals surface area contributed by atoms with Gasteiger partial charge in [-0.3, -0.25) is 9.59 Å². The van der Waals surface area contributed by atoms with E-state index in [1.165, 1.54) is 0 Å². The number of carboxylic acids is 2. The number of carbonyl (C=O) groups is 2. The molecule has 0 aliphatic carbocycles. The van der Waals surface area contributed by atoms with Crippen LogP contribution in [0.4, 0.5) is 0 Å². The molecular weight excluding hydrogens is 556 g/mol. The molecule has 0 aromatic carbocycles.